The first-order valence-electron chi connectivity index (χ1n) is 5.53. The van der Waals surface area contributed by atoms with Gasteiger partial charge >= 0.3 is 6.18 Å². The smallest absolute Gasteiger partial charge is 0.416 e. The van der Waals surface area contributed by atoms with E-state index in [4.69, 9.17) is 9.84 Å². The summed E-state index contributed by atoms with van der Waals surface area (Å²) in [6.45, 7) is 0.170. The van der Waals surface area contributed by atoms with Crippen molar-refractivity contribution in [2.75, 3.05) is 0 Å². The molecule has 2 aromatic rings. The molecule has 0 spiro atoms. The van der Waals surface area contributed by atoms with Gasteiger partial charge in [0.05, 0.1) is 5.56 Å². The maximum atomic E-state index is 12.4. The van der Waals surface area contributed by atoms with Gasteiger partial charge < -0.3 is 9.84 Å². The van der Waals surface area contributed by atoms with Crippen LogP contribution in [0.2, 0.25) is 0 Å². The third-order valence-electron chi connectivity index (χ3n) is 2.52. The zero-order valence-corrected chi connectivity index (χ0v) is 9.82. The molecular weight excluding hydrogens is 257 g/mol. The number of hydrogen-bond acceptors (Lipinski definition) is 2. The van der Waals surface area contributed by atoms with Crippen molar-refractivity contribution in [2.45, 2.75) is 12.8 Å². The molecule has 2 rings (SSSR count). The highest BCUT2D eigenvalue weighted by Gasteiger charge is 2.29. The average Bonchev–Trinajstić information content (AvgIpc) is 2.37. The van der Waals surface area contributed by atoms with E-state index in [-0.39, 0.29) is 12.4 Å². The summed E-state index contributed by atoms with van der Waals surface area (Å²) in [6.07, 6.45) is -4.32. The van der Waals surface area contributed by atoms with Crippen LogP contribution >= 0.6 is 0 Å². The third-order valence-corrected chi connectivity index (χ3v) is 2.52. The molecule has 0 bridgehead atoms. The molecule has 2 nitrogen and oxygen atoms in total. The van der Waals surface area contributed by atoms with Crippen LogP contribution < -0.4 is 4.74 Å². The van der Waals surface area contributed by atoms with Crippen LogP contribution in [-0.2, 0) is 12.8 Å². The van der Waals surface area contributed by atoms with Crippen LogP contribution in [-0.4, -0.2) is 5.11 Å². The molecule has 0 radical (unpaired) electrons. The number of rotatable bonds is 3. The highest BCUT2D eigenvalue weighted by Crippen LogP contribution is 2.29. The number of ether oxygens (including phenoxy) is 1. The van der Waals surface area contributed by atoms with Crippen molar-refractivity contribution in [3.63, 3.8) is 0 Å². The van der Waals surface area contributed by atoms with Crippen LogP contribution in [0.25, 0.3) is 0 Å². The van der Waals surface area contributed by atoms with E-state index in [2.05, 4.69) is 0 Å². The van der Waals surface area contributed by atoms with Gasteiger partial charge in [0.15, 0.2) is 0 Å². The lowest BCUT2D eigenvalue weighted by Gasteiger charge is -2.09. The van der Waals surface area contributed by atoms with Crippen molar-refractivity contribution in [2.24, 2.45) is 0 Å². The summed E-state index contributed by atoms with van der Waals surface area (Å²) in [5, 5.41) is 9.09. The zero-order valence-electron chi connectivity index (χ0n) is 9.82. The van der Waals surface area contributed by atoms with Gasteiger partial charge in [-0.2, -0.15) is 13.2 Å². The maximum absolute atomic E-state index is 12.4. The van der Waals surface area contributed by atoms with Crippen molar-refractivity contribution < 1.29 is 23.0 Å². The molecule has 0 heterocycles. The molecule has 0 atom stereocenters. The van der Waals surface area contributed by atoms with Crippen molar-refractivity contribution >= 4 is 0 Å². The molecule has 0 saturated heterocycles. The van der Waals surface area contributed by atoms with Gasteiger partial charge in [0.2, 0.25) is 0 Å². The minimum Gasteiger partial charge on any atom is -0.508 e. The Hall–Kier alpha value is -2.17. The monoisotopic (exact) mass is 268 g/mol. The second kappa shape index (κ2) is 5.22. The number of benzene rings is 2. The van der Waals surface area contributed by atoms with Crippen LogP contribution in [0.5, 0.6) is 11.5 Å². The van der Waals surface area contributed by atoms with Gasteiger partial charge in [-0.05, 0) is 42.0 Å². The molecule has 5 heteroatoms. The summed E-state index contributed by atoms with van der Waals surface area (Å²) in [6, 6.07) is 10.9. The topological polar surface area (TPSA) is 29.5 Å². The van der Waals surface area contributed by atoms with E-state index in [9.17, 15) is 13.2 Å². The molecule has 0 saturated carbocycles. The first kappa shape index (κ1) is 13.3. The maximum Gasteiger partial charge on any atom is 0.416 e. The predicted molar refractivity (Wildman–Crippen MR) is 63.9 cm³/mol. The number of aromatic hydroxyl groups is 1. The molecule has 1 N–H and O–H groups in total. The van der Waals surface area contributed by atoms with Gasteiger partial charge in [-0.25, -0.2) is 0 Å². The number of hydrogen-bond donors (Lipinski definition) is 1. The molecule has 2 aromatic carbocycles. The number of alkyl halides is 3. The standard InChI is InChI=1S/C14H11F3O2/c15-14(16,17)11-3-1-10(2-4-11)9-19-13-7-5-12(18)6-8-13/h1-8,18H,9H2. The van der Waals surface area contributed by atoms with Gasteiger partial charge in [-0.3, -0.25) is 0 Å². The zero-order chi connectivity index (χ0) is 13.9. The summed E-state index contributed by atoms with van der Waals surface area (Å²) in [4.78, 5) is 0. The highest BCUT2D eigenvalue weighted by molar-refractivity contribution is 5.30. The second-order valence-electron chi connectivity index (χ2n) is 3.98. The van der Waals surface area contributed by atoms with E-state index in [1.165, 1.54) is 24.3 Å². The molecule has 19 heavy (non-hydrogen) atoms. The Morgan fingerprint density at radius 3 is 2.00 bits per heavy atom. The van der Waals surface area contributed by atoms with Gasteiger partial charge in [0.25, 0.3) is 0 Å². The number of phenols is 1. The first-order chi connectivity index (χ1) is 8.95. The van der Waals surface area contributed by atoms with Crippen LogP contribution in [0.1, 0.15) is 11.1 Å². The molecule has 0 unspecified atom stereocenters. The van der Waals surface area contributed by atoms with Crippen molar-refractivity contribution in [3.05, 3.63) is 59.7 Å². The van der Waals surface area contributed by atoms with E-state index >= 15 is 0 Å². The van der Waals surface area contributed by atoms with Gasteiger partial charge in [-0.1, -0.05) is 12.1 Å². The molecule has 0 fully saturated rings. The largest absolute Gasteiger partial charge is 0.508 e. The molecule has 0 aliphatic rings. The SMILES string of the molecule is Oc1ccc(OCc2ccc(C(F)(F)F)cc2)cc1. The van der Waals surface area contributed by atoms with E-state index < -0.39 is 11.7 Å². The molecular formula is C14H11F3O2. The van der Waals surface area contributed by atoms with E-state index in [0.29, 0.717) is 11.3 Å². The lowest BCUT2D eigenvalue weighted by molar-refractivity contribution is -0.137. The summed E-state index contributed by atoms with van der Waals surface area (Å²) < 4.78 is 42.4. The fourth-order valence-electron chi connectivity index (χ4n) is 1.50. The minimum absolute atomic E-state index is 0.127. The molecule has 0 aliphatic heterocycles. The molecule has 0 aliphatic carbocycles. The normalized spacial score (nSPS) is 11.3. The van der Waals surface area contributed by atoms with Gasteiger partial charge in [0.1, 0.15) is 18.1 Å². The Kier molecular flexibility index (Phi) is 3.64. The summed E-state index contributed by atoms with van der Waals surface area (Å²) in [7, 11) is 0. The summed E-state index contributed by atoms with van der Waals surface area (Å²) >= 11 is 0. The molecule has 0 amide bonds. The predicted octanol–water partition coefficient (Wildman–Crippen LogP) is 3.99. The Bertz CT molecular complexity index is 530. The van der Waals surface area contributed by atoms with Crippen molar-refractivity contribution in [3.8, 4) is 11.5 Å². The lowest BCUT2D eigenvalue weighted by Crippen LogP contribution is -2.05. The second-order valence-corrected chi connectivity index (χ2v) is 3.98. The van der Waals surface area contributed by atoms with Crippen LogP contribution in [0, 0.1) is 0 Å². The molecule has 100 valence electrons. The fraction of sp³-hybridized carbons (Fsp3) is 0.143. The van der Waals surface area contributed by atoms with Crippen LogP contribution in [0.15, 0.2) is 48.5 Å². The summed E-state index contributed by atoms with van der Waals surface area (Å²) in [5.41, 5.74) is -0.0399. The third kappa shape index (κ3) is 3.64. The van der Waals surface area contributed by atoms with Gasteiger partial charge in [0, 0.05) is 0 Å². The Morgan fingerprint density at radius 1 is 0.895 bits per heavy atom. The Balaban J connectivity index is 1.98. The first-order valence-corrected chi connectivity index (χ1v) is 5.53. The Morgan fingerprint density at radius 2 is 1.47 bits per heavy atom. The highest BCUT2D eigenvalue weighted by atomic mass is 19.4. The van der Waals surface area contributed by atoms with Gasteiger partial charge in [-0.15, -0.1) is 0 Å². The fourth-order valence-corrected chi connectivity index (χ4v) is 1.50. The average molecular weight is 268 g/mol. The van der Waals surface area contributed by atoms with Crippen LogP contribution in [0.4, 0.5) is 13.2 Å². The Labute approximate surface area is 108 Å². The van der Waals surface area contributed by atoms with E-state index in [1.807, 2.05) is 0 Å². The number of halogens is 3. The van der Waals surface area contributed by atoms with Crippen molar-refractivity contribution in [1.29, 1.82) is 0 Å². The number of phenolic OH excluding ortho intramolecular Hbond substituents is 1. The van der Waals surface area contributed by atoms with E-state index in [1.54, 1.807) is 12.1 Å². The van der Waals surface area contributed by atoms with E-state index in [0.717, 1.165) is 12.1 Å². The lowest BCUT2D eigenvalue weighted by atomic mass is 10.1. The quantitative estimate of drug-likeness (QED) is 0.912. The van der Waals surface area contributed by atoms with Crippen molar-refractivity contribution in [1.82, 2.24) is 0 Å². The minimum atomic E-state index is -4.32. The summed E-state index contributed by atoms with van der Waals surface area (Å²) in [5.74, 6) is 0.666. The molecule has 0 aromatic heterocycles. The van der Waals surface area contributed by atoms with Crippen LogP contribution in [0.3, 0.4) is 0 Å².